The average molecular weight is 216 g/mol. The van der Waals surface area contributed by atoms with Gasteiger partial charge in [-0.25, -0.2) is 18.4 Å². The quantitative estimate of drug-likeness (QED) is 0.612. The molecule has 1 N–H and O–H groups in total. The molecule has 0 spiro atoms. The van der Waals surface area contributed by atoms with Crippen LogP contribution in [0.3, 0.4) is 0 Å². The van der Waals surface area contributed by atoms with Crippen LogP contribution >= 0.6 is 0 Å². The SMILES string of the molecule is O=C(CF)Oc1cc(F)ccc1C(=O)O. The van der Waals surface area contributed by atoms with Gasteiger partial charge >= 0.3 is 11.9 Å². The molecular weight excluding hydrogens is 210 g/mol. The topological polar surface area (TPSA) is 63.6 Å². The standard InChI is InChI=1S/C9H6F2O4/c10-4-8(12)15-7-3-5(11)1-2-6(7)9(13)14/h1-3H,4H2,(H,13,14). The molecule has 6 heteroatoms. The molecule has 0 bridgehead atoms. The third-order valence-electron chi connectivity index (χ3n) is 1.51. The molecule has 15 heavy (non-hydrogen) atoms. The van der Waals surface area contributed by atoms with E-state index in [1.807, 2.05) is 0 Å². The van der Waals surface area contributed by atoms with Gasteiger partial charge in [0.15, 0.2) is 6.67 Å². The number of ether oxygens (including phenoxy) is 1. The van der Waals surface area contributed by atoms with E-state index in [2.05, 4.69) is 4.74 Å². The number of carboxylic acid groups (broad SMARTS) is 1. The van der Waals surface area contributed by atoms with E-state index in [1.165, 1.54) is 0 Å². The molecular formula is C9H6F2O4. The number of rotatable bonds is 3. The summed E-state index contributed by atoms with van der Waals surface area (Å²) in [6.07, 6.45) is 0. The second-order valence-corrected chi connectivity index (χ2v) is 2.55. The highest BCUT2D eigenvalue weighted by molar-refractivity contribution is 5.92. The molecule has 0 aliphatic heterocycles. The molecule has 0 radical (unpaired) electrons. The molecule has 4 nitrogen and oxygen atoms in total. The first-order valence-corrected chi connectivity index (χ1v) is 3.84. The Labute approximate surface area is 83.1 Å². The number of hydrogen-bond donors (Lipinski definition) is 1. The third-order valence-corrected chi connectivity index (χ3v) is 1.51. The van der Waals surface area contributed by atoms with Gasteiger partial charge in [0.1, 0.15) is 17.1 Å². The molecule has 80 valence electrons. The van der Waals surface area contributed by atoms with Gasteiger partial charge in [-0.05, 0) is 12.1 Å². The summed E-state index contributed by atoms with van der Waals surface area (Å²) in [6.45, 7) is -1.41. The zero-order chi connectivity index (χ0) is 11.4. The van der Waals surface area contributed by atoms with Crippen molar-refractivity contribution < 1.29 is 28.2 Å². The smallest absolute Gasteiger partial charge is 0.342 e. The Kier molecular flexibility index (Phi) is 3.33. The number of halogens is 2. The largest absolute Gasteiger partial charge is 0.478 e. The molecule has 0 saturated carbocycles. The molecule has 0 unspecified atom stereocenters. The summed E-state index contributed by atoms with van der Waals surface area (Å²) in [7, 11) is 0. The van der Waals surface area contributed by atoms with Crippen molar-refractivity contribution in [1.29, 1.82) is 0 Å². The van der Waals surface area contributed by atoms with Gasteiger partial charge in [-0.2, -0.15) is 0 Å². The average Bonchev–Trinajstić information content (AvgIpc) is 2.17. The van der Waals surface area contributed by atoms with E-state index in [4.69, 9.17) is 5.11 Å². The number of carbonyl (C=O) groups is 2. The Morgan fingerprint density at radius 1 is 1.40 bits per heavy atom. The van der Waals surface area contributed by atoms with Gasteiger partial charge in [-0.3, -0.25) is 0 Å². The highest BCUT2D eigenvalue weighted by Crippen LogP contribution is 2.20. The molecule has 0 aromatic heterocycles. The summed E-state index contributed by atoms with van der Waals surface area (Å²) in [5.41, 5.74) is -0.404. The van der Waals surface area contributed by atoms with Gasteiger partial charge < -0.3 is 9.84 Å². The molecule has 0 atom stereocenters. The van der Waals surface area contributed by atoms with Crippen molar-refractivity contribution >= 4 is 11.9 Å². The molecule has 0 aliphatic carbocycles. The van der Waals surface area contributed by atoms with Crippen LogP contribution < -0.4 is 4.74 Å². The van der Waals surface area contributed by atoms with Gasteiger partial charge in [0.05, 0.1) is 0 Å². The summed E-state index contributed by atoms with van der Waals surface area (Å²) in [5.74, 6) is -3.95. The Morgan fingerprint density at radius 3 is 2.60 bits per heavy atom. The van der Waals surface area contributed by atoms with Crippen LogP contribution in [0.15, 0.2) is 18.2 Å². The van der Waals surface area contributed by atoms with E-state index in [0.29, 0.717) is 6.07 Å². The van der Waals surface area contributed by atoms with Crippen LogP contribution in [0.4, 0.5) is 8.78 Å². The van der Waals surface area contributed by atoms with Crippen molar-refractivity contribution in [2.45, 2.75) is 0 Å². The van der Waals surface area contributed by atoms with Crippen molar-refractivity contribution in [2.75, 3.05) is 6.67 Å². The maximum absolute atomic E-state index is 12.7. The Hall–Kier alpha value is -1.98. The maximum atomic E-state index is 12.7. The van der Waals surface area contributed by atoms with E-state index < -0.39 is 35.7 Å². The van der Waals surface area contributed by atoms with Crippen LogP contribution in [-0.4, -0.2) is 23.7 Å². The summed E-state index contributed by atoms with van der Waals surface area (Å²) in [6, 6.07) is 2.53. The van der Waals surface area contributed by atoms with E-state index in [0.717, 1.165) is 12.1 Å². The van der Waals surface area contributed by atoms with Crippen LogP contribution in [0, 0.1) is 5.82 Å². The molecule has 0 saturated heterocycles. The minimum atomic E-state index is -1.41. The zero-order valence-electron chi connectivity index (χ0n) is 7.37. The first-order chi connectivity index (χ1) is 7.04. The predicted octanol–water partition coefficient (Wildman–Crippen LogP) is 1.40. The number of hydrogen-bond acceptors (Lipinski definition) is 3. The fraction of sp³-hybridized carbons (Fsp3) is 0.111. The van der Waals surface area contributed by atoms with Crippen molar-refractivity contribution in [3.8, 4) is 5.75 Å². The van der Waals surface area contributed by atoms with E-state index in [1.54, 1.807) is 0 Å². The van der Waals surface area contributed by atoms with Crippen LogP contribution in [0.5, 0.6) is 5.75 Å². The summed E-state index contributed by atoms with van der Waals surface area (Å²) in [5, 5.41) is 8.63. The van der Waals surface area contributed by atoms with Crippen molar-refractivity contribution in [1.82, 2.24) is 0 Å². The van der Waals surface area contributed by atoms with E-state index in [-0.39, 0.29) is 0 Å². The highest BCUT2D eigenvalue weighted by atomic mass is 19.1. The van der Waals surface area contributed by atoms with Gasteiger partial charge in [0, 0.05) is 6.07 Å². The van der Waals surface area contributed by atoms with Crippen LogP contribution in [0.2, 0.25) is 0 Å². The number of benzene rings is 1. The lowest BCUT2D eigenvalue weighted by molar-refractivity contribution is -0.135. The van der Waals surface area contributed by atoms with E-state index in [9.17, 15) is 18.4 Å². The molecule has 1 aromatic carbocycles. The Bertz CT molecular complexity index is 403. The zero-order valence-corrected chi connectivity index (χ0v) is 7.37. The van der Waals surface area contributed by atoms with E-state index >= 15 is 0 Å². The summed E-state index contributed by atoms with van der Waals surface area (Å²) < 4.78 is 28.8. The Balaban J connectivity index is 3.07. The fourth-order valence-electron chi connectivity index (χ4n) is 0.907. The minimum absolute atomic E-state index is 0.404. The third kappa shape index (κ3) is 2.73. The normalized spacial score (nSPS) is 9.73. The first kappa shape index (κ1) is 11.1. The van der Waals surface area contributed by atoms with Crippen LogP contribution in [0.1, 0.15) is 10.4 Å². The van der Waals surface area contributed by atoms with Crippen LogP contribution in [-0.2, 0) is 4.79 Å². The second kappa shape index (κ2) is 4.50. The van der Waals surface area contributed by atoms with Gasteiger partial charge in [-0.15, -0.1) is 0 Å². The number of alkyl halides is 1. The van der Waals surface area contributed by atoms with Gasteiger partial charge in [-0.1, -0.05) is 0 Å². The Morgan fingerprint density at radius 2 is 2.07 bits per heavy atom. The molecule has 0 fully saturated rings. The maximum Gasteiger partial charge on any atom is 0.342 e. The second-order valence-electron chi connectivity index (χ2n) is 2.55. The minimum Gasteiger partial charge on any atom is -0.478 e. The van der Waals surface area contributed by atoms with Crippen molar-refractivity contribution in [3.63, 3.8) is 0 Å². The number of aromatic carboxylic acids is 1. The highest BCUT2D eigenvalue weighted by Gasteiger charge is 2.15. The first-order valence-electron chi connectivity index (χ1n) is 3.84. The molecule has 0 aliphatic rings. The number of esters is 1. The molecule has 0 amide bonds. The van der Waals surface area contributed by atoms with Gasteiger partial charge in [0.25, 0.3) is 0 Å². The van der Waals surface area contributed by atoms with Crippen LogP contribution in [0.25, 0.3) is 0 Å². The fourth-order valence-corrected chi connectivity index (χ4v) is 0.907. The number of carboxylic acids is 1. The molecule has 1 aromatic rings. The number of carbonyl (C=O) groups excluding carboxylic acids is 1. The van der Waals surface area contributed by atoms with Crippen molar-refractivity contribution in [2.24, 2.45) is 0 Å². The molecule has 0 heterocycles. The lowest BCUT2D eigenvalue weighted by Gasteiger charge is -2.05. The summed E-state index contributed by atoms with van der Waals surface area (Å²) >= 11 is 0. The lowest BCUT2D eigenvalue weighted by atomic mass is 10.2. The lowest BCUT2D eigenvalue weighted by Crippen LogP contribution is -2.12. The van der Waals surface area contributed by atoms with Gasteiger partial charge in [0.2, 0.25) is 0 Å². The molecule has 1 rings (SSSR count). The van der Waals surface area contributed by atoms with Crippen molar-refractivity contribution in [3.05, 3.63) is 29.6 Å². The predicted molar refractivity (Wildman–Crippen MR) is 45.0 cm³/mol. The monoisotopic (exact) mass is 216 g/mol. The summed E-state index contributed by atoms with van der Waals surface area (Å²) in [4.78, 5) is 21.2.